The van der Waals surface area contributed by atoms with E-state index >= 15 is 0 Å². The van der Waals surface area contributed by atoms with Crippen molar-refractivity contribution in [1.82, 2.24) is 14.8 Å². The number of amides is 1. The molecule has 134 valence electrons. The summed E-state index contributed by atoms with van der Waals surface area (Å²) in [6.45, 7) is 8.01. The minimum absolute atomic E-state index is 0. The van der Waals surface area contributed by atoms with Gasteiger partial charge in [-0.2, -0.15) is 0 Å². The van der Waals surface area contributed by atoms with Gasteiger partial charge in [-0.25, -0.2) is 0 Å². The Balaban J connectivity index is 0. The van der Waals surface area contributed by atoms with Gasteiger partial charge in [-0.3, -0.25) is 14.7 Å². The highest BCUT2D eigenvalue weighted by molar-refractivity contribution is 5.86. The molecular weight excluding hydrogens is 359 g/mol. The molecule has 2 heterocycles. The first-order valence-electron chi connectivity index (χ1n) is 7.24. The molecule has 1 fully saturated rings. The number of rotatable bonds is 4. The Kier molecular flexibility index (Phi) is 12.7. The minimum Gasteiger partial charge on any atom is -0.340 e. The first-order valence-corrected chi connectivity index (χ1v) is 7.24. The molecule has 2 N–H and O–H groups in total. The van der Waals surface area contributed by atoms with E-state index in [0.29, 0.717) is 0 Å². The van der Waals surface area contributed by atoms with Crippen molar-refractivity contribution < 1.29 is 4.79 Å². The average Bonchev–Trinajstić information content (AvgIpc) is 2.47. The van der Waals surface area contributed by atoms with E-state index in [9.17, 15) is 4.79 Å². The Morgan fingerprint density at radius 1 is 1.17 bits per heavy atom. The van der Waals surface area contributed by atoms with E-state index < -0.39 is 0 Å². The number of halogens is 3. The van der Waals surface area contributed by atoms with Crippen LogP contribution in [-0.2, 0) is 11.3 Å². The van der Waals surface area contributed by atoms with Gasteiger partial charge in [-0.15, -0.1) is 37.2 Å². The van der Waals surface area contributed by atoms with Gasteiger partial charge in [-0.1, -0.05) is 13.0 Å². The zero-order valence-electron chi connectivity index (χ0n) is 13.6. The molecule has 23 heavy (non-hydrogen) atoms. The fraction of sp³-hybridized carbons (Fsp3) is 0.600. The number of nitrogens with zero attached hydrogens (tertiary/aromatic N) is 3. The Morgan fingerprint density at radius 3 is 2.26 bits per heavy atom. The first kappa shape index (κ1) is 24.7. The maximum Gasteiger partial charge on any atom is 0.227 e. The molecular formula is C15H27Cl3N4O. The van der Waals surface area contributed by atoms with Crippen LogP contribution in [0.5, 0.6) is 0 Å². The van der Waals surface area contributed by atoms with Gasteiger partial charge in [0.2, 0.25) is 5.91 Å². The van der Waals surface area contributed by atoms with Crippen LogP contribution in [0.15, 0.2) is 24.4 Å². The third kappa shape index (κ3) is 7.23. The van der Waals surface area contributed by atoms with Crippen LogP contribution in [-0.4, -0.2) is 52.9 Å². The van der Waals surface area contributed by atoms with Gasteiger partial charge in [0.1, 0.15) is 0 Å². The van der Waals surface area contributed by atoms with Gasteiger partial charge < -0.3 is 10.6 Å². The molecule has 1 aromatic rings. The first-order chi connectivity index (χ1) is 9.58. The van der Waals surface area contributed by atoms with E-state index in [2.05, 4.69) is 9.88 Å². The van der Waals surface area contributed by atoms with E-state index in [1.165, 1.54) is 0 Å². The van der Waals surface area contributed by atoms with Crippen molar-refractivity contribution >= 4 is 43.1 Å². The summed E-state index contributed by atoms with van der Waals surface area (Å²) >= 11 is 0. The number of pyridine rings is 1. The molecule has 2 unspecified atom stereocenters. The van der Waals surface area contributed by atoms with Gasteiger partial charge in [0.25, 0.3) is 0 Å². The fourth-order valence-corrected chi connectivity index (χ4v) is 2.36. The van der Waals surface area contributed by atoms with E-state index in [1.807, 2.05) is 43.1 Å². The van der Waals surface area contributed by atoms with Gasteiger partial charge in [0, 0.05) is 45.0 Å². The van der Waals surface area contributed by atoms with Crippen LogP contribution in [0.4, 0.5) is 0 Å². The highest BCUT2D eigenvalue weighted by Crippen LogP contribution is 2.11. The summed E-state index contributed by atoms with van der Waals surface area (Å²) < 4.78 is 0. The van der Waals surface area contributed by atoms with Crippen LogP contribution in [0.3, 0.4) is 0 Å². The number of carbonyl (C=O) groups excluding carboxylic acids is 1. The van der Waals surface area contributed by atoms with Crippen LogP contribution in [0.25, 0.3) is 0 Å². The lowest BCUT2D eigenvalue weighted by Crippen LogP contribution is -2.51. The molecule has 0 saturated carbocycles. The number of hydrogen-bond donors (Lipinski definition) is 1. The van der Waals surface area contributed by atoms with Gasteiger partial charge >= 0.3 is 0 Å². The third-order valence-electron chi connectivity index (χ3n) is 3.97. The lowest BCUT2D eigenvalue weighted by molar-refractivity contribution is -0.137. The summed E-state index contributed by atoms with van der Waals surface area (Å²) in [5.41, 5.74) is 6.89. The number of nitrogens with two attached hydrogens (primary N) is 1. The van der Waals surface area contributed by atoms with E-state index in [-0.39, 0.29) is 55.1 Å². The summed E-state index contributed by atoms with van der Waals surface area (Å²) in [5, 5.41) is 0. The number of carbonyl (C=O) groups is 1. The summed E-state index contributed by atoms with van der Waals surface area (Å²) in [4.78, 5) is 20.8. The zero-order chi connectivity index (χ0) is 14.5. The molecule has 0 radical (unpaired) electrons. The predicted octanol–water partition coefficient (Wildman–Crippen LogP) is 1.97. The molecule has 0 bridgehead atoms. The molecule has 0 aliphatic carbocycles. The van der Waals surface area contributed by atoms with Crippen molar-refractivity contribution in [3.63, 3.8) is 0 Å². The standard InChI is InChI=1S/C15H24N4O.3ClH/c1-12(13(2)16)15(20)19-9-7-18(8-10-19)11-14-5-3-4-6-17-14;;;/h3-6,12-13H,7-11,16H2,1-2H3;3*1H. The van der Waals surface area contributed by atoms with Crippen molar-refractivity contribution in [3.05, 3.63) is 30.1 Å². The van der Waals surface area contributed by atoms with Crippen LogP contribution >= 0.6 is 37.2 Å². The molecule has 1 aliphatic rings. The van der Waals surface area contributed by atoms with Crippen molar-refractivity contribution in [2.24, 2.45) is 11.7 Å². The molecule has 1 aromatic heterocycles. The molecule has 1 aliphatic heterocycles. The van der Waals surface area contributed by atoms with Crippen molar-refractivity contribution in [3.8, 4) is 0 Å². The van der Waals surface area contributed by atoms with Crippen LogP contribution < -0.4 is 5.73 Å². The molecule has 5 nitrogen and oxygen atoms in total. The van der Waals surface area contributed by atoms with E-state index in [1.54, 1.807) is 0 Å². The smallest absolute Gasteiger partial charge is 0.227 e. The predicted molar refractivity (Wildman–Crippen MR) is 101 cm³/mol. The molecule has 2 rings (SSSR count). The fourth-order valence-electron chi connectivity index (χ4n) is 2.36. The largest absolute Gasteiger partial charge is 0.340 e. The summed E-state index contributed by atoms with van der Waals surface area (Å²) in [5.74, 6) is 0.0785. The minimum atomic E-state index is -0.0997. The number of hydrogen-bond acceptors (Lipinski definition) is 4. The van der Waals surface area contributed by atoms with Crippen molar-refractivity contribution in [1.29, 1.82) is 0 Å². The number of piperazine rings is 1. The molecule has 8 heteroatoms. The van der Waals surface area contributed by atoms with Crippen LogP contribution in [0, 0.1) is 5.92 Å². The van der Waals surface area contributed by atoms with Crippen LogP contribution in [0.2, 0.25) is 0 Å². The molecule has 1 amide bonds. The van der Waals surface area contributed by atoms with E-state index in [0.717, 1.165) is 38.4 Å². The monoisotopic (exact) mass is 384 g/mol. The number of aromatic nitrogens is 1. The summed E-state index contributed by atoms with van der Waals surface area (Å²) in [7, 11) is 0. The Bertz CT molecular complexity index is 440. The second-order valence-electron chi connectivity index (χ2n) is 5.57. The van der Waals surface area contributed by atoms with Crippen molar-refractivity contribution in [2.75, 3.05) is 26.2 Å². The summed E-state index contributed by atoms with van der Waals surface area (Å²) in [6.07, 6.45) is 1.82. The van der Waals surface area contributed by atoms with Crippen molar-refractivity contribution in [2.45, 2.75) is 26.4 Å². The van der Waals surface area contributed by atoms with E-state index in [4.69, 9.17) is 5.73 Å². The molecule has 1 saturated heterocycles. The lowest BCUT2D eigenvalue weighted by atomic mass is 10.0. The second-order valence-corrected chi connectivity index (χ2v) is 5.57. The molecule has 0 aromatic carbocycles. The highest BCUT2D eigenvalue weighted by atomic mass is 35.5. The Hall–Kier alpha value is -0.590. The van der Waals surface area contributed by atoms with Crippen LogP contribution in [0.1, 0.15) is 19.5 Å². The second kappa shape index (κ2) is 11.9. The molecule has 2 atom stereocenters. The topological polar surface area (TPSA) is 62.5 Å². The Labute approximate surface area is 157 Å². The van der Waals surface area contributed by atoms with Gasteiger partial charge in [0.15, 0.2) is 0 Å². The maximum atomic E-state index is 12.2. The SMILES string of the molecule is CC(N)C(C)C(=O)N1CCN(Cc2ccccn2)CC1.Cl.Cl.Cl. The van der Waals surface area contributed by atoms with Gasteiger partial charge in [0.05, 0.1) is 11.6 Å². The quantitative estimate of drug-likeness (QED) is 0.861. The highest BCUT2D eigenvalue weighted by Gasteiger charge is 2.26. The zero-order valence-corrected chi connectivity index (χ0v) is 16.0. The average molecular weight is 386 g/mol. The van der Waals surface area contributed by atoms with Gasteiger partial charge in [-0.05, 0) is 19.1 Å². The molecule has 0 spiro atoms. The third-order valence-corrected chi connectivity index (χ3v) is 3.97. The normalized spacial score (nSPS) is 17.1. The lowest BCUT2D eigenvalue weighted by Gasteiger charge is -2.36. The Morgan fingerprint density at radius 2 is 1.78 bits per heavy atom. The summed E-state index contributed by atoms with van der Waals surface area (Å²) in [6, 6.07) is 5.88. The maximum absolute atomic E-state index is 12.2.